The molecule has 0 saturated carbocycles. The Morgan fingerprint density at radius 2 is 0.515 bits per heavy atom. The van der Waals surface area contributed by atoms with Gasteiger partial charge in [-0.25, -0.2) is 0 Å². The van der Waals surface area contributed by atoms with Gasteiger partial charge in [0.15, 0.2) is 0 Å². The largest absolute Gasteiger partial charge is 3.00 e. The molecule has 0 amide bonds. The van der Waals surface area contributed by atoms with E-state index < -0.39 is 55.5 Å². The first-order chi connectivity index (χ1) is 14.3. The first-order valence-corrected chi connectivity index (χ1v) is 16.6. The third-order valence-electron chi connectivity index (χ3n) is 4.47. The van der Waals surface area contributed by atoms with Crippen LogP contribution >= 0.6 is 30.4 Å². The topological polar surface area (TPSA) is 243 Å². The van der Waals surface area contributed by atoms with E-state index in [4.69, 9.17) is 0 Å². The Balaban J connectivity index is 0.0000102. The van der Waals surface area contributed by atoms with Gasteiger partial charge in [0.2, 0.25) is 0 Å². The van der Waals surface area contributed by atoms with Crippen LogP contribution in [-0.4, -0.2) is 136 Å². The van der Waals surface area contributed by atoms with Gasteiger partial charge in [0.1, 0.15) is 25.1 Å². The molecule has 1 fully saturated rings. The van der Waals surface area contributed by atoms with Gasteiger partial charge in [-0.2, -0.15) is 0 Å². The van der Waals surface area contributed by atoms with E-state index in [0.29, 0.717) is 0 Å². The van der Waals surface area contributed by atoms with Crippen LogP contribution in [-0.2, 0) is 18.3 Å². The third-order valence-corrected chi connectivity index (χ3v) is 7.54. The van der Waals surface area contributed by atoms with Crippen molar-refractivity contribution in [3.05, 3.63) is 0 Å². The average Bonchev–Trinajstić information content (AvgIpc) is 2.52. The van der Waals surface area contributed by atoms with Crippen molar-refractivity contribution in [1.29, 1.82) is 0 Å². The van der Waals surface area contributed by atoms with Gasteiger partial charge in [-0.3, -0.25) is 37.9 Å². The van der Waals surface area contributed by atoms with Crippen molar-refractivity contribution in [2.75, 3.05) is 77.5 Å². The van der Waals surface area contributed by atoms with Gasteiger partial charge in [-0.1, -0.05) is 0 Å². The van der Waals surface area contributed by atoms with E-state index in [9.17, 15) is 57.4 Å². The summed E-state index contributed by atoms with van der Waals surface area (Å²) in [4.78, 5) is 79.9. The molecule has 0 unspecified atom stereocenters. The molecule has 0 aromatic rings. The molecular formula is C12H32GdN4O12P4+3. The Hall–Kier alpha value is 1.76. The summed E-state index contributed by atoms with van der Waals surface area (Å²) in [6.45, 7) is -0.0527. The minimum Gasteiger partial charge on any atom is -0.324 e. The summed E-state index contributed by atoms with van der Waals surface area (Å²) >= 11 is 0. The maximum atomic E-state index is 11.5. The summed E-state index contributed by atoms with van der Waals surface area (Å²) < 4.78 is 45.9. The summed E-state index contributed by atoms with van der Waals surface area (Å²) in [5.74, 6) is 0. The molecule has 0 atom stereocenters. The Morgan fingerprint density at radius 1 is 0.394 bits per heavy atom. The molecule has 0 aliphatic carbocycles. The molecular weight excluding hydrogens is 675 g/mol. The first-order valence-electron chi connectivity index (χ1n) is 9.39. The smallest absolute Gasteiger partial charge is 0.324 e. The van der Waals surface area contributed by atoms with Gasteiger partial charge >= 0.3 is 70.3 Å². The zero-order valence-electron chi connectivity index (χ0n) is 17.6. The maximum Gasteiger partial charge on any atom is 3.00 e. The monoisotopic (exact) mass is 707 g/mol. The van der Waals surface area contributed by atoms with Crippen LogP contribution in [0.2, 0.25) is 0 Å². The zero-order valence-corrected chi connectivity index (χ0v) is 23.5. The van der Waals surface area contributed by atoms with E-state index in [1.807, 2.05) is 0 Å². The summed E-state index contributed by atoms with van der Waals surface area (Å²) in [6.07, 6.45) is -2.59. The van der Waals surface area contributed by atoms with E-state index in [2.05, 4.69) is 0 Å². The van der Waals surface area contributed by atoms with Crippen molar-refractivity contribution in [3.63, 3.8) is 0 Å². The third kappa shape index (κ3) is 19.5. The van der Waals surface area contributed by atoms with Crippen molar-refractivity contribution < 1.29 is 97.3 Å². The molecule has 21 heteroatoms. The first kappa shape index (κ1) is 34.8. The van der Waals surface area contributed by atoms with Crippen molar-refractivity contribution in [1.82, 2.24) is 19.6 Å². The molecule has 8 N–H and O–H groups in total. The van der Waals surface area contributed by atoms with Crippen LogP contribution in [0.4, 0.5) is 0 Å². The number of rotatable bonds is 8. The zero-order chi connectivity index (χ0) is 24.8. The molecule has 0 bridgehead atoms. The molecule has 1 rings (SSSR count). The molecule has 1 aliphatic rings. The SMILES string of the molecule is O=P(O)(O)CN1CCN(CP(=O)(O)O)CCN(CP(=O)(O)O)CCN(CP(=O)(O)O)CC1.[159Gd+3]. The van der Waals surface area contributed by atoms with Gasteiger partial charge in [-0.15, -0.1) is 0 Å². The second kappa shape index (κ2) is 14.6. The number of nitrogens with zero attached hydrogens (tertiary/aromatic N) is 4. The molecule has 0 spiro atoms. The Bertz CT molecular complexity index is 640. The molecule has 16 nitrogen and oxygen atoms in total. The molecule has 0 aromatic carbocycles. The predicted octanol–water partition coefficient (Wildman–Crippen LogP) is -2.25. The van der Waals surface area contributed by atoms with Gasteiger partial charge < -0.3 is 39.1 Å². The van der Waals surface area contributed by atoms with Gasteiger partial charge in [-0.05, 0) is 0 Å². The minimum atomic E-state index is -4.48. The second-order valence-electron chi connectivity index (χ2n) is 7.70. The quantitative estimate of drug-likeness (QED) is 0.124. The summed E-state index contributed by atoms with van der Waals surface area (Å²) in [5.41, 5.74) is 0. The Kier molecular flexibility index (Phi) is 15.4. The average molecular weight is 707 g/mol. The van der Waals surface area contributed by atoms with Gasteiger partial charge in [0.05, 0.1) is 0 Å². The molecule has 197 valence electrons. The fourth-order valence-corrected chi connectivity index (χ4v) is 6.40. The minimum absolute atomic E-state index is 0. The normalized spacial score (nSPS) is 20.6. The predicted molar refractivity (Wildman–Crippen MR) is 114 cm³/mol. The summed E-state index contributed by atoms with van der Waals surface area (Å²) in [7, 11) is -17.9. The van der Waals surface area contributed by atoms with Crippen LogP contribution in [0.15, 0.2) is 0 Å². The number of hydrogen-bond donors (Lipinski definition) is 8. The van der Waals surface area contributed by atoms with Crippen LogP contribution in [0.3, 0.4) is 0 Å². The molecule has 1 heterocycles. The fourth-order valence-electron chi connectivity index (χ4n) is 3.19. The van der Waals surface area contributed by atoms with Crippen molar-refractivity contribution >= 4 is 30.4 Å². The van der Waals surface area contributed by atoms with E-state index in [0.717, 1.165) is 0 Å². The summed E-state index contributed by atoms with van der Waals surface area (Å²) in [6, 6.07) is 0. The fraction of sp³-hybridized carbons (Fsp3) is 1.00. The number of hydrogen-bond acceptors (Lipinski definition) is 8. The van der Waals surface area contributed by atoms with Crippen molar-refractivity contribution in [3.8, 4) is 0 Å². The molecule has 1 saturated heterocycles. The van der Waals surface area contributed by atoms with E-state index >= 15 is 0 Å². The van der Waals surface area contributed by atoms with Crippen LogP contribution in [0.5, 0.6) is 0 Å². The maximum absolute atomic E-state index is 11.5. The Morgan fingerprint density at radius 3 is 0.606 bits per heavy atom. The molecule has 1 aliphatic heterocycles. The second-order valence-corrected chi connectivity index (χ2v) is 14.1. The van der Waals surface area contributed by atoms with Crippen LogP contribution in [0.1, 0.15) is 0 Å². The van der Waals surface area contributed by atoms with Gasteiger partial charge in [0.25, 0.3) is 0 Å². The molecule has 33 heavy (non-hydrogen) atoms. The van der Waals surface area contributed by atoms with E-state index in [1.54, 1.807) is 0 Å². The van der Waals surface area contributed by atoms with E-state index in [-0.39, 0.29) is 92.3 Å². The van der Waals surface area contributed by atoms with Crippen LogP contribution in [0, 0.1) is 39.9 Å². The Labute approximate surface area is 223 Å². The summed E-state index contributed by atoms with van der Waals surface area (Å²) in [5, 5.41) is 0. The van der Waals surface area contributed by atoms with E-state index in [1.165, 1.54) is 19.6 Å². The van der Waals surface area contributed by atoms with Crippen molar-refractivity contribution in [2.45, 2.75) is 0 Å². The molecule has 1 radical (unpaired) electrons. The standard InChI is InChI=1S/C12H32N4O12P4.Gd/c17-29(18,19)9-13-1-2-14(10-30(20,21)22)5-6-16(12-32(26,27)28)8-7-15(4-3-13)11-31(23,24)25;/h1-12H2,(H2,17,18,19)(H2,20,21,22)(H2,23,24,25)(H2,26,27,28);/q;+3/i;1+2. The van der Waals surface area contributed by atoms with Crippen LogP contribution in [0.25, 0.3) is 0 Å². The molecule has 0 aromatic heterocycles. The van der Waals surface area contributed by atoms with Crippen LogP contribution < -0.4 is 0 Å². The van der Waals surface area contributed by atoms with Crippen molar-refractivity contribution in [2.24, 2.45) is 0 Å². The van der Waals surface area contributed by atoms with Gasteiger partial charge in [0, 0.05) is 52.4 Å².